The number of hydrogen-bond donors (Lipinski definition) is 2. The first-order chi connectivity index (χ1) is 4.63. The predicted molar refractivity (Wildman–Crippen MR) is 35.0 cm³/mol. The minimum atomic E-state index is -0.567. The maximum absolute atomic E-state index is 10.6. The lowest BCUT2D eigenvalue weighted by atomic mass is 10.2. The molecule has 4 nitrogen and oxygen atoms in total. The van der Waals surface area contributed by atoms with Gasteiger partial charge in [-0.15, -0.1) is 0 Å². The summed E-state index contributed by atoms with van der Waals surface area (Å²) in [5.74, 6) is -0.829. The number of amides is 1. The summed E-state index contributed by atoms with van der Waals surface area (Å²) in [6.07, 6.45) is 0. The molecule has 0 aromatic carbocycles. The average Bonchev–Trinajstić information content (AvgIpc) is 1.88. The van der Waals surface area contributed by atoms with Gasteiger partial charge in [0.1, 0.15) is 11.8 Å². The van der Waals surface area contributed by atoms with Gasteiger partial charge < -0.3 is 10.4 Å². The molecule has 0 saturated heterocycles. The highest BCUT2D eigenvalue weighted by Gasteiger charge is 2.08. The summed E-state index contributed by atoms with van der Waals surface area (Å²) < 4.78 is 0. The van der Waals surface area contributed by atoms with Crippen LogP contribution in [0.3, 0.4) is 0 Å². The van der Waals surface area contributed by atoms with E-state index in [9.17, 15) is 4.79 Å². The lowest BCUT2D eigenvalue weighted by Crippen LogP contribution is -2.20. The third-order valence-electron chi connectivity index (χ3n) is 0.928. The predicted octanol–water partition coefficient (Wildman–Crippen LogP) is 0.0880. The minimum Gasteiger partial charge on any atom is -0.511 e. The van der Waals surface area contributed by atoms with E-state index in [-0.39, 0.29) is 11.3 Å². The number of nitriles is 1. The zero-order valence-corrected chi connectivity index (χ0v) is 5.80. The number of hydrogen-bond acceptors (Lipinski definition) is 3. The summed E-state index contributed by atoms with van der Waals surface area (Å²) in [4.78, 5) is 10.6. The van der Waals surface area contributed by atoms with Crippen molar-refractivity contribution in [1.29, 1.82) is 5.26 Å². The van der Waals surface area contributed by atoms with Crippen molar-refractivity contribution in [2.75, 3.05) is 7.05 Å². The standard InChI is InChI=1S/C6H8N2O2/c1-4(9)5(3-7)6(10)8-2/h9H,1-2H3,(H,8,10)/b5-4-. The lowest BCUT2D eigenvalue weighted by molar-refractivity contribution is -0.116. The van der Waals surface area contributed by atoms with Crippen LogP contribution in [0.1, 0.15) is 6.92 Å². The molecule has 2 N–H and O–H groups in total. The molecular weight excluding hydrogens is 132 g/mol. The van der Waals surface area contributed by atoms with E-state index in [1.807, 2.05) is 0 Å². The second kappa shape index (κ2) is 3.51. The SMILES string of the molecule is CNC(=O)/C(C#N)=C(/C)O. The maximum atomic E-state index is 10.6. The van der Waals surface area contributed by atoms with Crippen LogP contribution in [0.15, 0.2) is 11.3 Å². The van der Waals surface area contributed by atoms with Crippen LogP contribution in [0, 0.1) is 11.3 Å². The molecule has 0 radical (unpaired) electrons. The van der Waals surface area contributed by atoms with Gasteiger partial charge in [-0.05, 0) is 6.92 Å². The van der Waals surface area contributed by atoms with Crippen LogP contribution in [-0.2, 0) is 4.79 Å². The van der Waals surface area contributed by atoms with Gasteiger partial charge in [0.2, 0.25) is 0 Å². The van der Waals surface area contributed by atoms with Crippen LogP contribution in [0.4, 0.5) is 0 Å². The second-order valence-corrected chi connectivity index (χ2v) is 1.65. The molecule has 0 aliphatic heterocycles. The number of nitrogens with one attached hydrogen (secondary N) is 1. The third kappa shape index (κ3) is 1.78. The van der Waals surface area contributed by atoms with Gasteiger partial charge in [0.15, 0.2) is 5.57 Å². The van der Waals surface area contributed by atoms with Crippen LogP contribution >= 0.6 is 0 Å². The number of rotatable bonds is 1. The zero-order valence-electron chi connectivity index (χ0n) is 5.80. The molecule has 0 aliphatic rings. The Morgan fingerprint density at radius 3 is 2.30 bits per heavy atom. The van der Waals surface area contributed by atoms with Crippen LogP contribution in [-0.4, -0.2) is 18.1 Å². The fraction of sp³-hybridized carbons (Fsp3) is 0.333. The molecule has 0 bridgehead atoms. The van der Waals surface area contributed by atoms with Crippen molar-refractivity contribution in [3.63, 3.8) is 0 Å². The van der Waals surface area contributed by atoms with E-state index in [1.165, 1.54) is 14.0 Å². The lowest BCUT2D eigenvalue weighted by Gasteiger charge is -1.95. The van der Waals surface area contributed by atoms with Gasteiger partial charge in [-0.1, -0.05) is 0 Å². The number of aliphatic hydroxyl groups is 1. The summed E-state index contributed by atoms with van der Waals surface area (Å²) >= 11 is 0. The summed E-state index contributed by atoms with van der Waals surface area (Å²) in [6.45, 7) is 1.29. The number of nitrogens with zero attached hydrogens (tertiary/aromatic N) is 1. The number of allylic oxidation sites excluding steroid dienone is 1. The van der Waals surface area contributed by atoms with Crippen molar-refractivity contribution in [2.45, 2.75) is 6.92 Å². The summed E-state index contributed by atoms with van der Waals surface area (Å²) in [7, 11) is 1.39. The topological polar surface area (TPSA) is 73.1 Å². The van der Waals surface area contributed by atoms with Crippen LogP contribution in [0.25, 0.3) is 0 Å². The van der Waals surface area contributed by atoms with Gasteiger partial charge in [0, 0.05) is 7.05 Å². The van der Waals surface area contributed by atoms with E-state index in [0.29, 0.717) is 0 Å². The van der Waals surface area contributed by atoms with E-state index in [2.05, 4.69) is 5.32 Å². The Hall–Kier alpha value is -1.50. The highest BCUT2D eigenvalue weighted by atomic mass is 16.3. The molecule has 0 spiro atoms. The van der Waals surface area contributed by atoms with Crippen LogP contribution < -0.4 is 5.32 Å². The molecule has 1 amide bonds. The smallest absolute Gasteiger partial charge is 0.265 e. The summed E-state index contributed by atoms with van der Waals surface area (Å²) in [6, 6.07) is 1.57. The van der Waals surface area contributed by atoms with Crippen molar-refractivity contribution in [3.8, 4) is 6.07 Å². The Bertz CT molecular complexity index is 208. The summed E-state index contributed by atoms with van der Waals surface area (Å²) in [5, 5.41) is 19.2. The monoisotopic (exact) mass is 140 g/mol. The molecule has 0 fully saturated rings. The first kappa shape index (κ1) is 8.50. The van der Waals surface area contributed by atoms with E-state index in [4.69, 9.17) is 10.4 Å². The molecule has 0 aromatic rings. The van der Waals surface area contributed by atoms with Crippen molar-refractivity contribution < 1.29 is 9.90 Å². The maximum Gasteiger partial charge on any atom is 0.265 e. The van der Waals surface area contributed by atoms with Crippen LogP contribution in [0.2, 0.25) is 0 Å². The van der Waals surface area contributed by atoms with Crippen molar-refractivity contribution >= 4 is 5.91 Å². The van der Waals surface area contributed by atoms with Gasteiger partial charge in [0.05, 0.1) is 0 Å². The van der Waals surface area contributed by atoms with Gasteiger partial charge in [-0.25, -0.2) is 0 Å². The molecule has 0 aromatic heterocycles. The van der Waals surface area contributed by atoms with E-state index in [1.54, 1.807) is 6.07 Å². The minimum absolute atomic E-state index is 0.248. The Morgan fingerprint density at radius 1 is 1.70 bits per heavy atom. The highest BCUT2D eigenvalue weighted by Crippen LogP contribution is 1.97. The van der Waals surface area contributed by atoms with E-state index in [0.717, 1.165) is 0 Å². The van der Waals surface area contributed by atoms with Crippen LogP contribution in [0.5, 0.6) is 0 Å². The number of carbonyl (C=O) groups excluding carboxylic acids is 1. The van der Waals surface area contributed by atoms with Crippen molar-refractivity contribution in [1.82, 2.24) is 5.32 Å². The second-order valence-electron chi connectivity index (χ2n) is 1.65. The van der Waals surface area contributed by atoms with Gasteiger partial charge >= 0.3 is 0 Å². The van der Waals surface area contributed by atoms with E-state index < -0.39 is 5.91 Å². The largest absolute Gasteiger partial charge is 0.511 e. The molecule has 0 unspecified atom stereocenters. The quantitative estimate of drug-likeness (QED) is 0.308. The first-order valence-corrected chi connectivity index (χ1v) is 2.65. The van der Waals surface area contributed by atoms with Crippen molar-refractivity contribution in [2.24, 2.45) is 0 Å². The number of aliphatic hydroxyl groups excluding tert-OH is 1. The molecular formula is C6H8N2O2. The Kier molecular flexibility index (Phi) is 2.98. The Morgan fingerprint density at radius 2 is 2.20 bits per heavy atom. The fourth-order valence-electron chi connectivity index (χ4n) is 0.421. The molecule has 0 atom stereocenters. The number of likely N-dealkylation sites (N-methyl/N-ethyl adjacent to an activating group) is 1. The average molecular weight is 140 g/mol. The Balaban J connectivity index is 4.59. The normalized spacial score (nSPS) is 11.3. The molecule has 10 heavy (non-hydrogen) atoms. The zero-order chi connectivity index (χ0) is 8.15. The van der Waals surface area contributed by atoms with Crippen molar-refractivity contribution in [3.05, 3.63) is 11.3 Å². The van der Waals surface area contributed by atoms with Gasteiger partial charge in [-0.3, -0.25) is 4.79 Å². The molecule has 54 valence electrons. The molecule has 0 heterocycles. The first-order valence-electron chi connectivity index (χ1n) is 2.65. The fourth-order valence-corrected chi connectivity index (χ4v) is 0.421. The van der Waals surface area contributed by atoms with Gasteiger partial charge in [0.25, 0.3) is 5.91 Å². The molecule has 4 heteroatoms. The third-order valence-corrected chi connectivity index (χ3v) is 0.928. The molecule has 0 aliphatic carbocycles. The Labute approximate surface area is 58.8 Å². The molecule has 0 rings (SSSR count). The number of carbonyl (C=O) groups is 1. The highest BCUT2D eigenvalue weighted by molar-refractivity contribution is 5.97. The van der Waals surface area contributed by atoms with E-state index >= 15 is 0 Å². The summed E-state index contributed by atoms with van der Waals surface area (Å²) in [5.41, 5.74) is -0.248. The molecule has 0 saturated carbocycles. The van der Waals surface area contributed by atoms with Gasteiger partial charge in [-0.2, -0.15) is 5.26 Å².